The second kappa shape index (κ2) is 6.30. The summed E-state index contributed by atoms with van der Waals surface area (Å²) < 4.78 is 9.73. The third kappa shape index (κ3) is 6.22. The number of hydrogen-bond donors (Lipinski definition) is 0. The Morgan fingerprint density at radius 1 is 1.38 bits per heavy atom. The number of carbonyl (C=O) groups excluding carboxylic acids is 2. The van der Waals surface area contributed by atoms with Crippen molar-refractivity contribution in [3.63, 3.8) is 0 Å². The van der Waals surface area contributed by atoms with Gasteiger partial charge in [-0.2, -0.15) is 0 Å². The van der Waals surface area contributed by atoms with E-state index in [-0.39, 0.29) is 6.42 Å². The van der Waals surface area contributed by atoms with Crippen LogP contribution in [0.15, 0.2) is 12.7 Å². The molecule has 0 aliphatic carbocycles. The van der Waals surface area contributed by atoms with E-state index in [9.17, 15) is 9.59 Å². The van der Waals surface area contributed by atoms with Gasteiger partial charge >= 0.3 is 11.9 Å². The lowest BCUT2D eigenvalue weighted by Crippen LogP contribution is -2.27. The highest BCUT2D eigenvalue weighted by atomic mass is 16.6. The van der Waals surface area contributed by atoms with Crippen LogP contribution in [0.2, 0.25) is 0 Å². The molecular formula is C12H20O4. The van der Waals surface area contributed by atoms with E-state index in [4.69, 9.17) is 4.74 Å². The number of rotatable bonds is 5. The highest BCUT2D eigenvalue weighted by Crippen LogP contribution is 2.15. The normalized spacial score (nSPS) is 12.8. The topological polar surface area (TPSA) is 52.6 Å². The Labute approximate surface area is 96.6 Å². The highest BCUT2D eigenvalue weighted by molar-refractivity contribution is 5.80. The van der Waals surface area contributed by atoms with Crippen LogP contribution in [0, 0.1) is 5.92 Å². The van der Waals surface area contributed by atoms with Gasteiger partial charge in [0.1, 0.15) is 5.60 Å². The van der Waals surface area contributed by atoms with Crippen LogP contribution in [-0.4, -0.2) is 24.6 Å². The molecule has 0 saturated carbocycles. The molecule has 0 amide bonds. The summed E-state index contributed by atoms with van der Waals surface area (Å²) in [6, 6.07) is 0. The van der Waals surface area contributed by atoms with Crippen LogP contribution in [0.25, 0.3) is 0 Å². The van der Waals surface area contributed by atoms with Gasteiger partial charge in [0.25, 0.3) is 0 Å². The fourth-order valence-corrected chi connectivity index (χ4v) is 1.22. The lowest BCUT2D eigenvalue weighted by molar-refractivity contribution is -0.160. The van der Waals surface area contributed by atoms with E-state index in [1.807, 2.05) is 0 Å². The fourth-order valence-electron chi connectivity index (χ4n) is 1.22. The standard InChI is InChI=1S/C12H20O4/c1-6-7-9(11(14)15-5)8-10(13)16-12(2,3)4/h6,9H,1,7-8H2,2-5H3. The molecule has 0 fully saturated rings. The second-order valence-electron chi connectivity index (χ2n) is 4.54. The minimum absolute atomic E-state index is 0.0238. The molecule has 0 spiro atoms. The van der Waals surface area contributed by atoms with E-state index in [1.165, 1.54) is 7.11 Å². The molecule has 1 atom stereocenters. The van der Waals surface area contributed by atoms with Crippen LogP contribution < -0.4 is 0 Å². The summed E-state index contributed by atoms with van der Waals surface area (Å²) in [5.41, 5.74) is -0.536. The third-order valence-corrected chi connectivity index (χ3v) is 1.82. The summed E-state index contributed by atoms with van der Waals surface area (Å²) in [5.74, 6) is -1.31. The van der Waals surface area contributed by atoms with E-state index in [1.54, 1.807) is 26.8 Å². The minimum atomic E-state index is -0.536. The van der Waals surface area contributed by atoms with Crippen molar-refractivity contribution in [1.82, 2.24) is 0 Å². The van der Waals surface area contributed by atoms with Crippen LogP contribution in [0.4, 0.5) is 0 Å². The third-order valence-electron chi connectivity index (χ3n) is 1.82. The van der Waals surface area contributed by atoms with Gasteiger partial charge in [-0.25, -0.2) is 0 Å². The van der Waals surface area contributed by atoms with Gasteiger partial charge in [0.15, 0.2) is 0 Å². The Hall–Kier alpha value is -1.32. The molecule has 0 bridgehead atoms. The van der Waals surface area contributed by atoms with Crippen LogP contribution in [0.3, 0.4) is 0 Å². The smallest absolute Gasteiger partial charge is 0.309 e. The number of carbonyl (C=O) groups is 2. The predicted molar refractivity (Wildman–Crippen MR) is 60.8 cm³/mol. The van der Waals surface area contributed by atoms with E-state index in [0.717, 1.165) is 0 Å². The second-order valence-corrected chi connectivity index (χ2v) is 4.54. The summed E-state index contributed by atoms with van der Waals surface area (Å²) in [6.45, 7) is 8.89. The van der Waals surface area contributed by atoms with Crippen molar-refractivity contribution in [2.75, 3.05) is 7.11 Å². The Morgan fingerprint density at radius 3 is 2.31 bits per heavy atom. The largest absolute Gasteiger partial charge is 0.469 e. The van der Waals surface area contributed by atoms with Gasteiger partial charge in [0.2, 0.25) is 0 Å². The SMILES string of the molecule is C=CCC(CC(=O)OC(C)(C)C)C(=O)OC. The number of ether oxygens (including phenoxy) is 2. The molecule has 4 heteroatoms. The summed E-state index contributed by atoms with van der Waals surface area (Å²) in [4.78, 5) is 22.8. The van der Waals surface area contributed by atoms with Crippen LogP contribution in [0.5, 0.6) is 0 Å². The first-order valence-corrected chi connectivity index (χ1v) is 5.20. The van der Waals surface area contributed by atoms with E-state index < -0.39 is 23.5 Å². The van der Waals surface area contributed by atoms with Gasteiger partial charge < -0.3 is 9.47 Å². The molecular weight excluding hydrogens is 208 g/mol. The Morgan fingerprint density at radius 2 is 1.94 bits per heavy atom. The van der Waals surface area contributed by atoms with Crippen molar-refractivity contribution < 1.29 is 19.1 Å². The van der Waals surface area contributed by atoms with Gasteiger partial charge in [-0.3, -0.25) is 9.59 Å². The molecule has 16 heavy (non-hydrogen) atoms. The summed E-state index contributed by atoms with van der Waals surface area (Å²) >= 11 is 0. The number of esters is 2. The molecule has 0 aliphatic rings. The van der Waals surface area contributed by atoms with Crippen molar-refractivity contribution in [1.29, 1.82) is 0 Å². The monoisotopic (exact) mass is 228 g/mol. The average molecular weight is 228 g/mol. The Bertz CT molecular complexity index is 263. The maximum absolute atomic E-state index is 11.5. The molecule has 0 saturated heterocycles. The zero-order valence-electron chi connectivity index (χ0n) is 10.4. The van der Waals surface area contributed by atoms with Crippen LogP contribution >= 0.6 is 0 Å². The van der Waals surface area contributed by atoms with Gasteiger partial charge in [-0.05, 0) is 27.2 Å². The van der Waals surface area contributed by atoms with Crippen molar-refractivity contribution in [3.8, 4) is 0 Å². The minimum Gasteiger partial charge on any atom is -0.469 e. The number of allylic oxidation sites excluding steroid dienone is 1. The lowest BCUT2D eigenvalue weighted by Gasteiger charge is -2.21. The molecule has 0 heterocycles. The highest BCUT2D eigenvalue weighted by Gasteiger charge is 2.24. The first kappa shape index (κ1) is 14.7. The quantitative estimate of drug-likeness (QED) is 0.534. The van der Waals surface area contributed by atoms with Crippen molar-refractivity contribution in [3.05, 3.63) is 12.7 Å². The fraction of sp³-hybridized carbons (Fsp3) is 0.667. The van der Waals surface area contributed by atoms with Gasteiger partial charge in [-0.1, -0.05) is 6.08 Å². The predicted octanol–water partition coefficient (Wildman–Crippen LogP) is 2.08. The van der Waals surface area contributed by atoms with E-state index >= 15 is 0 Å². The molecule has 0 aromatic rings. The van der Waals surface area contributed by atoms with E-state index in [2.05, 4.69) is 11.3 Å². The summed E-state index contributed by atoms with van der Waals surface area (Å²) in [5, 5.41) is 0. The van der Waals surface area contributed by atoms with Crippen molar-refractivity contribution >= 4 is 11.9 Å². The lowest BCUT2D eigenvalue weighted by atomic mass is 10.0. The zero-order chi connectivity index (χ0) is 12.8. The average Bonchev–Trinajstić information content (AvgIpc) is 2.13. The number of hydrogen-bond acceptors (Lipinski definition) is 4. The molecule has 0 rings (SSSR count). The molecule has 0 N–H and O–H groups in total. The molecule has 0 aromatic heterocycles. The van der Waals surface area contributed by atoms with E-state index in [0.29, 0.717) is 6.42 Å². The molecule has 92 valence electrons. The first-order valence-electron chi connectivity index (χ1n) is 5.20. The Kier molecular flexibility index (Phi) is 5.78. The van der Waals surface area contributed by atoms with Gasteiger partial charge in [-0.15, -0.1) is 6.58 Å². The van der Waals surface area contributed by atoms with Gasteiger partial charge in [0.05, 0.1) is 19.4 Å². The zero-order valence-corrected chi connectivity index (χ0v) is 10.4. The molecule has 0 aliphatic heterocycles. The Balaban J connectivity index is 4.34. The van der Waals surface area contributed by atoms with Gasteiger partial charge in [0, 0.05) is 0 Å². The molecule has 0 radical (unpaired) electrons. The maximum atomic E-state index is 11.5. The van der Waals surface area contributed by atoms with Crippen molar-refractivity contribution in [2.24, 2.45) is 5.92 Å². The van der Waals surface area contributed by atoms with Crippen LogP contribution in [-0.2, 0) is 19.1 Å². The van der Waals surface area contributed by atoms with Crippen molar-refractivity contribution in [2.45, 2.75) is 39.2 Å². The molecule has 4 nitrogen and oxygen atoms in total. The number of methoxy groups -OCH3 is 1. The first-order chi connectivity index (χ1) is 7.30. The molecule has 0 aromatic carbocycles. The summed E-state index contributed by atoms with van der Waals surface area (Å²) in [7, 11) is 1.30. The molecule has 1 unspecified atom stereocenters. The maximum Gasteiger partial charge on any atom is 0.309 e. The summed E-state index contributed by atoms with van der Waals surface area (Å²) in [6.07, 6.45) is 2.02. The van der Waals surface area contributed by atoms with Crippen LogP contribution in [0.1, 0.15) is 33.6 Å².